The number of aliphatic hydroxyl groups excluding tert-OH is 2. The van der Waals surface area contributed by atoms with Crippen LogP contribution in [0.2, 0.25) is 0 Å². The molecule has 0 spiro atoms. The highest BCUT2D eigenvalue weighted by atomic mass is 16.3. The lowest BCUT2D eigenvalue weighted by molar-refractivity contribution is 0.180. The molecular weight excluding hydrogens is 248 g/mol. The summed E-state index contributed by atoms with van der Waals surface area (Å²) >= 11 is 0. The molecule has 0 heterocycles. The minimum absolute atomic E-state index is 0.126. The number of unbranched alkanes of at least 4 members (excludes halogenated alkanes) is 10. The molecule has 0 aliphatic heterocycles. The maximum Gasteiger partial charge on any atom is 0.0512 e. The van der Waals surface area contributed by atoms with Crippen LogP contribution in [0.5, 0.6) is 0 Å². The molecule has 2 nitrogen and oxygen atoms in total. The first-order valence-electron chi connectivity index (χ1n) is 8.71. The van der Waals surface area contributed by atoms with E-state index >= 15 is 0 Å². The molecule has 0 saturated heterocycles. The second-order valence-electron chi connectivity index (χ2n) is 5.95. The van der Waals surface area contributed by atoms with Crippen molar-refractivity contribution in [3.05, 3.63) is 12.2 Å². The van der Waals surface area contributed by atoms with Gasteiger partial charge in [0.1, 0.15) is 0 Å². The van der Waals surface area contributed by atoms with E-state index in [1.165, 1.54) is 64.2 Å². The molecule has 0 fully saturated rings. The Morgan fingerprint density at radius 3 is 1.65 bits per heavy atom. The fraction of sp³-hybridized carbons (Fsp3) is 0.889. The largest absolute Gasteiger partial charge is 0.396 e. The molecule has 1 atom stereocenters. The minimum atomic E-state index is -0.126. The van der Waals surface area contributed by atoms with Gasteiger partial charge in [-0.2, -0.15) is 0 Å². The van der Waals surface area contributed by atoms with Gasteiger partial charge in [0.25, 0.3) is 0 Å². The van der Waals surface area contributed by atoms with E-state index in [1.54, 1.807) is 0 Å². The number of rotatable bonds is 15. The topological polar surface area (TPSA) is 40.5 Å². The van der Waals surface area contributed by atoms with Gasteiger partial charge in [-0.15, -0.1) is 0 Å². The van der Waals surface area contributed by atoms with Gasteiger partial charge in [-0.05, 0) is 45.4 Å². The van der Waals surface area contributed by atoms with E-state index in [1.807, 2.05) is 6.92 Å². The fourth-order valence-electron chi connectivity index (χ4n) is 2.37. The Labute approximate surface area is 126 Å². The van der Waals surface area contributed by atoms with Crippen LogP contribution in [0.15, 0.2) is 12.2 Å². The Bertz CT molecular complexity index is 200. The smallest absolute Gasteiger partial charge is 0.0512 e. The summed E-state index contributed by atoms with van der Waals surface area (Å²) in [5.41, 5.74) is 0. The normalized spacial score (nSPS) is 13.2. The molecule has 0 aliphatic rings. The van der Waals surface area contributed by atoms with Gasteiger partial charge in [0, 0.05) is 6.61 Å². The molecule has 0 radical (unpaired) electrons. The highest BCUT2D eigenvalue weighted by molar-refractivity contribution is 4.81. The van der Waals surface area contributed by atoms with Crippen LogP contribution in [-0.2, 0) is 0 Å². The quantitative estimate of drug-likeness (QED) is 0.328. The van der Waals surface area contributed by atoms with E-state index in [9.17, 15) is 0 Å². The molecule has 0 saturated carbocycles. The third-order valence-corrected chi connectivity index (χ3v) is 3.69. The summed E-state index contributed by atoms with van der Waals surface area (Å²) in [5.74, 6) is 0. The number of allylic oxidation sites excluding steroid dienone is 2. The summed E-state index contributed by atoms with van der Waals surface area (Å²) in [6.07, 6.45) is 20.3. The third-order valence-electron chi connectivity index (χ3n) is 3.69. The summed E-state index contributed by atoms with van der Waals surface area (Å²) in [6.45, 7) is 2.22. The standard InChI is InChI=1S/C18H36O2/c1-18(20)16-14-12-10-8-6-4-2-3-5-7-9-11-13-15-17-19/h2,4,18-20H,3,5-17H2,1H3/b4-2-. The molecule has 0 amide bonds. The Hall–Kier alpha value is -0.340. The zero-order valence-electron chi connectivity index (χ0n) is 13.5. The molecule has 0 bridgehead atoms. The van der Waals surface area contributed by atoms with Gasteiger partial charge in [0.05, 0.1) is 6.10 Å². The molecule has 0 rings (SSSR count). The molecular formula is C18H36O2. The summed E-state index contributed by atoms with van der Waals surface area (Å²) < 4.78 is 0. The zero-order valence-corrected chi connectivity index (χ0v) is 13.5. The lowest BCUT2D eigenvalue weighted by atomic mass is 10.1. The summed E-state index contributed by atoms with van der Waals surface area (Å²) in [5, 5.41) is 17.8. The monoisotopic (exact) mass is 284 g/mol. The minimum Gasteiger partial charge on any atom is -0.396 e. The zero-order chi connectivity index (χ0) is 14.9. The van der Waals surface area contributed by atoms with Crippen molar-refractivity contribution in [3.63, 3.8) is 0 Å². The van der Waals surface area contributed by atoms with Gasteiger partial charge in [0.15, 0.2) is 0 Å². The highest BCUT2D eigenvalue weighted by Crippen LogP contribution is 2.09. The average molecular weight is 284 g/mol. The van der Waals surface area contributed by atoms with Crippen molar-refractivity contribution in [1.82, 2.24) is 0 Å². The van der Waals surface area contributed by atoms with Gasteiger partial charge in [-0.3, -0.25) is 0 Å². The maximum absolute atomic E-state index is 9.13. The Morgan fingerprint density at radius 2 is 1.15 bits per heavy atom. The van der Waals surface area contributed by atoms with Gasteiger partial charge < -0.3 is 10.2 Å². The van der Waals surface area contributed by atoms with Crippen molar-refractivity contribution >= 4 is 0 Å². The Morgan fingerprint density at radius 1 is 0.700 bits per heavy atom. The second-order valence-corrected chi connectivity index (χ2v) is 5.95. The number of hydrogen-bond donors (Lipinski definition) is 2. The van der Waals surface area contributed by atoms with Crippen LogP contribution in [0.4, 0.5) is 0 Å². The van der Waals surface area contributed by atoms with Crippen LogP contribution < -0.4 is 0 Å². The van der Waals surface area contributed by atoms with E-state index in [2.05, 4.69) is 12.2 Å². The summed E-state index contributed by atoms with van der Waals surface area (Å²) in [6, 6.07) is 0. The van der Waals surface area contributed by atoms with Crippen molar-refractivity contribution in [2.24, 2.45) is 0 Å². The maximum atomic E-state index is 9.13. The van der Waals surface area contributed by atoms with Crippen molar-refractivity contribution in [2.75, 3.05) is 6.61 Å². The first kappa shape index (κ1) is 19.7. The Kier molecular flexibility index (Phi) is 16.4. The van der Waals surface area contributed by atoms with Gasteiger partial charge in [-0.1, -0.05) is 57.1 Å². The van der Waals surface area contributed by atoms with E-state index < -0.39 is 0 Å². The first-order valence-corrected chi connectivity index (χ1v) is 8.71. The average Bonchev–Trinajstić information content (AvgIpc) is 2.43. The molecule has 0 aromatic heterocycles. The van der Waals surface area contributed by atoms with E-state index in [-0.39, 0.29) is 6.10 Å². The molecule has 2 heteroatoms. The van der Waals surface area contributed by atoms with Crippen molar-refractivity contribution < 1.29 is 10.2 Å². The summed E-state index contributed by atoms with van der Waals surface area (Å²) in [4.78, 5) is 0. The lowest BCUT2D eigenvalue weighted by Crippen LogP contribution is -1.98. The number of aliphatic hydroxyl groups is 2. The summed E-state index contributed by atoms with van der Waals surface area (Å²) in [7, 11) is 0. The highest BCUT2D eigenvalue weighted by Gasteiger charge is 1.94. The van der Waals surface area contributed by atoms with Crippen LogP contribution >= 0.6 is 0 Å². The molecule has 0 aliphatic carbocycles. The first-order chi connectivity index (χ1) is 9.77. The van der Waals surface area contributed by atoms with Gasteiger partial charge in [-0.25, -0.2) is 0 Å². The van der Waals surface area contributed by atoms with Crippen LogP contribution in [0.1, 0.15) is 90.4 Å². The van der Waals surface area contributed by atoms with E-state index in [0.29, 0.717) is 6.61 Å². The molecule has 1 unspecified atom stereocenters. The molecule has 0 aromatic carbocycles. The van der Waals surface area contributed by atoms with Gasteiger partial charge >= 0.3 is 0 Å². The third kappa shape index (κ3) is 17.7. The molecule has 20 heavy (non-hydrogen) atoms. The van der Waals surface area contributed by atoms with E-state index in [4.69, 9.17) is 10.2 Å². The second kappa shape index (κ2) is 16.7. The van der Waals surface area contributed by atoms with Gasteiger partial charge in [0.2, 0.25) is 0 Å². The fourth-order valence-corrected chi connectivity index (χ4v) is 2.37. The van der Waals surface area contributed by atoms with E-state index in [0.717, 1.165) is 19.3 Å². The molecule has 2 N–H and O–H groups in total. The lowest BCUT2D eigenvalue weighted by Gasteiger charge is -2.02. The molecule has 120 valence electrons. The van der Waals surface area contributed by atoms with Crippen LogP contribution in [0.25, 0.3) is 0 Å². The van der Waals surface area contributed by atoms with Crippen LogP contribution in [0.3, 0.4) is 0 Å². The van der Waals surface area contributed by atoms with Crippen molar-refractivity contribution in [3.8, 4) is 0 Å². The van der Waals surface area contributed by atoms with Crippen molar-refractivity contribution in [2.45, 2.75) is 96.5 Å². The number of hydrogen-bond acceptors (Lipinski definition) is 2. The van der Waals surface area contributed by atoms with Crippen LogP contribution in [0, 0.1) is 0 Å². The van der Waals surface area contributed by atoms with Crippen LogP contribution in [-0.4, -0.2) is 22.9 Å². The Balaban J connectivity index is 3.05. The molecule has 0 aromatic rings. The predicted molar refractivity (Wildman–Crippen MR) is 87.9 cm³/mol. The van der Waals surface area contributed by atoms with Crippen molar-refractivity contribution in [1.29, 1.82) is 0 Å². The SMILES string of the molecule is CC(O)CCCCCC/C=C\CCCCCCCCO. The predicted octanol–water partition coefficient (Wildman–Crippen LogP) is 4.99.